The molecule has 0 amide bonds. The molecule has 0 fully saturated rings. The number of aryl methyl sites for hydroxylation is 1. The molecule has 6 nitrogen and oxygen atoms in total. The van der Waals surface area contributed by atoms with Gasteiger partial charge in [0.25, 0.3) is 5.71 Å². The van der Waals surface area contributed by atoms with E-state index in [-0.39, 0.29) is 6.04 Å². The highest BCUT2D eigenvalue weighted by molar-refractivity contribution is 5.85. The van der Waals surface area contributed by atoms with Crippen LogP contribution in [0, 0.1) is 6.92 Å². The molecular formula is C10H15N5O. The summed E-state index contributed by atoms with van der Waals surface area (Å²) in [6.07, 6.45) is 1.63. The number of likely N-dealkylation sites (N-methyl/N-ethyl adjacent to an activating group) is 1. The van der Waals surface area contributed by atoms with Gasteiger partial charge in [-0.2, -0.15) is 4.98 Å². The van der Waals surface area contributed by atoms with Crippen molar-refractivity contribution in [2.75, 3.05) is 18.5 Å². The van der Waals surface area contributed by atoms with Gasteiger partial charge in [0, 0.05) is 19.6 Å². The number of fused-ring (bicyclic) bond motifs is 1. The predicted molar refractivity (Wildman–Crippen MR) is 61.3 cm³/mol. The summed E-state index contributed by atoms with van der Waals surface area (Å²) in [5, 5.41) is 4.55. The minimum absolute atomic E-state index is 0.201. The number of hydrogen-bond donors (Lipinski definition) is 1. The van der Waals surface area contributed by atoms with Crippen molar-refractivity contribution in [3.8, 4) is 0 Å². The van der Waals surface area contributed by atoms with Crippen molar-refractivity contribution in [3.63, 3.8) is 0 Å². The van der Waals surface area contributed by atoms with E-state index < -0.39 is 0 Å². The highest BCUT2D eigenvalue weighted by atomic mass is 16.5. The maximum Gasteiger partial charge on any atom is 0.263 e. The van der Waals surface area contributed by atoms with Crippen molar-refractivity contribution in [2.24, 2.45) is 5.73 Å². The molecule has 2 aromatic heterocycles. The molecule has 0 aromatic carbocycles. The van der Waals surface area contributed by atoms with Crippen molar-refractivity contribution in [2.45, 2.75) is 19.9 Å². The number of nitrogens with zero attached hydrogens (tertiary/aromatic N) is 4. The summed E-state index contributed by atoms with van der Waals surface area (Å²) in [6.45, 7) is 4.43. The average molecular weight is 221 g/mol. The quantitative estimate of drug-likeness (QED) is 0.822. The van der Waals surface area contributed by atoms with Gasteiger partial charge in [-0.25, -0.2) is 4.98 Å². The topological polar surface area (TPSA) is 81.1 Å². The summed E-state index contributed by atoms with van der Waals surface area (Å²) in [4.78, 5) is 10.6. The molecule has 6 heteroatoms. The van der Waals surface area contributed by atoms with E-state index in [1.165, 1.54) is 0 Å². The standard InChI is InChI=1S/C10H15N5O/c1-6(4-11)15(3)9-8-5-12-16-10(8)14-7(2)13-9/h5-6H,4,11H2,1-3H3. The third-order valence-corrected chi connectivity index (χ3v) is 2.66. The van der Waals surface area contributed by atoms with Gasteiger partial charge < -0.3 is 15.2 Å². The number of rotatable bonds is 3. The second-order valence-corrected chi connectivity index (χ2v) is 3.83. The molecule has 0 bridgehead atoms. The van der Waals surface area contributed by atoms with Gasteiger partial charge >= 0.3 is 0 Å². The Morgan fingerprint density at radius 2 is 2.25 bits per heavy atom. The molecule has 0 saturated heterocycles. The van der Waals surface area contributed by atoms with Crippen LogP contribution in [0.5, 0.6) is 0 Å². The van der Waals surface area contributed by atoms with E-state index in [2.05, 4.69) is 15.1 Å². The van der Waals surface area contributed by atoms with E-state index in [1.54, 1.807) is 6.20 Å². The zero-order chi connectivity index (χ0) is 11.7. The van der Waals surface area contributed by atoms with Crippen LogP contribution >= 0.6 is 0 Å². The first-order valence-electron chi connectivity index (χ1n) is 5.15. The number of aromatic nitrogens is 3. The Balaban J connectivity index is 2.53. The van der Waals surface area contributed by atoms with E-state index in [9.17, 15) is 0 Å². The largest absolute Gasteiger partial charge is 0.355 e. The molecule has 0 aliphatic heterocycles. The van der Waals surface area contributed by atoms with Gasteiger partial charge in [-0.3, -0.25) is 0 Å². The zero-order valence-electron chi connectivity index (χ0n) is 9.64. The first kappa shape index (κ1) is 10.8. The molecule has 0 aliphatic carbocycles. The summed E-state index contributed by atoms with van der Waals surface area (Å²) in [5.41, 5.74) is 6.16. The molecular weight excluding hydrogens is 206 g/mol. The van der Waals surface area contributed by atoms with Crippen LogP contribution in [0.15, 0.2) is 10.7 Å². The fourth-order valence-electron chi connectivity index (χ4n) is 1.49. The molecule has 0 saturated carbocycles. The molecule has 0 radical (unpaired) electrons. The lowest BCUT2D eigenvalue weighted by Gasteiger charge is -2.24. The lowest BCUT2D eigenvalue weighted by atomic mass is 10.2. The Kier molecular flexibility index (Phi) is 2.74. The third kappa shape index (κ3) is 1.71. The van der Waals surface area contributed by atoms with Gasteiger partial charge in [0.05, 0.1) is 6.20 Å². The van der Waals surface area contributed by atoms with Gasteiger partial charge in [-0.15, -0.1) is 0 Å². The summed E-state index contributed by atoms with van der Waals surface area (Å²) in [7, 11) is 1.95. The molecule has 86 valence electrons. The number of anilines is 1. The van der Waals surface area contributed by atoms with Crippen LogP contribution in [-0.4, -0.2) is 34.8 Å². The van der Waals surface area contributed by atoms with Crippen LogP contribution < -0.4 is 10.6 Å². The average Bonchev–Trinajstić information content (AvgIpc) is 2.73. The number of hydrogen-bond acceptors (Lipinski definition) is 6. The molecule has 2 heterocycles. The van der Waals surface area contributed by atoms with Crippen molar-refractivity contribution < 1.29 is 4.52 Å². The smallest absolute Gasteiger partial charge is 0.263 e. The van der Waals surface area contributed by atoms with Crippen LogP contribution in [0.4, 0.5) is 5.82 Å². The van der Waals surface area contributed by atoms with E-state index >= 15 is 0 Å². The van der Waals surface area contributed by atoms with E-state index in [4.69, 9.17) is 10.3 Å². The Morgan fingerprint density at radius 1 is 1.50 bits per heavy atom. The maximum atomic E-state index is 5.64. The van der Waals surface area contributed by atoms with Gasteiger partial charge in [0.15, 0.2) is 0 Å². The van der Waals surface area contributed by atoms with Gasteiger partial charge in [-0.1, -0.05) is 5.16 Å². The highest BCUT2D eigenvalue weighted by Crippen LogP contribution is 2.23. The molecule has 1 atom stereocenters. The van der Waals surface area contributed by atoms with E-state index in [0.717, 1.165) is 11.2 Å². The normalized spacial score (nSPS) is 13.0. The van der Waals surface area contributed by atoms with E-state index in [1.807, 2.05) is 25.8 Å². The minimum Gasteiger partial charge on any atom is -0.355 e. The summed E-state index contributed by atoms with van der Waals surface area (Å²) >= 11 is 0. The lowest BCUT2D eigenvalue weighted by molar-refractivity contribution is 0.447. The fourth-order valence-corrected chi connectivity index (χ4v) is 1.49. The monoisotopic (exact) mass is 221 g/mol. The first-order valence-corrected chi connectivity index (χ1v) is 5.15. The summed E-state index contributed by atoms with van der Waals surface area (Å²) < 4.78 is 5.04. The third-order valence-electron chi connectivity index (χ3n) is 2.66. The van der Waals surface area contributed by atoms with Crippen molar-refractivity contribution in [1.82, 2.24) is 15.1 Å². The zero-order valence-corrected chi connectivity index (χ0v) is 9.64. The predicted octanol–water partition coefficient (Wildman–Crippen LogP) is 0.710. The van der Waals surface area contributed by atoms with Gasteiger partial charge in [0.2, 0.25) is 0 Å². The molecule has 16 heavy (non-hydrogen) atoms. The minimum atomic E-state index is 0.201. The van der Waals surface area contributed by atoms with Crippen LogP contribution in [0.25, 0.3) is 11.1 Å². The molecule has 0 spiro atoms. The molecule has 1 unspecified atom stereocenters. The lowest BCUT2D eigenvalue weighted by Crippen LogP contribution is -2.36. The molecule has 2 N–H and O–H groups in total. The van der Waals surface area contributed by atoms with Crippen LogP contribution in [0.1, 0.15) is 12.7 Å². The summed E-state index contributed by atoms with van der Waals surface area (Å²) in [5.74, 6) is 1.47. The SMILES string of the molecule is Cc1nc(N(C)C(C)CN)c2cnoc2n1. The number of nitrogens with two attached hydrogens (primary N) is 1. The van der Waals surface area contributed by atoms with Gasteiger partial charge in [0.1, 0.15) is 17.0 Å². The van der Waals surface area contributed by atoms with Crippen molar-refractivity contribution in [1.29, 1.82) is 0 Å². The Labute approximate surface area is 93.4 Å². The van der Waals surface area contributed by atoms with Crippen molar-refractivity contribution in [3.05, 3.63) is 12.0 Å². The first-order chi connectivity index (χ1) is 7.63. The van der Waals surface area contributed by atoms with Crippen molar-refractivity contribution >= 4 is 16.9 Å². The highest BCUT2D eigenvalue weighted by Gasteiger charge is 2.16. The second kappa shape index (κ2) is 4.05. The summed E-state index contributed by atoms with van der Waals surface area (Å²) in [6, 6.07) is 0.201. The van der Waals surface area contributed by atoms with E-state index in [0.29, 0.717) is 18.1 Å². The van der Waals surface area contributed by atoms with Crippen LogP contribution in [0.2, 0.25) is 0 Å². The Bertz CT molecular complexity index is 495. The molecule has 2 rings (SSSR count). The fraction of sp³-hybridized carbons (Fsp3) is 0.500. The molecule has 0 aliphatic rings. The Morgan fingerprint density at radius 3 is 2.94 bits per heavy atom. The van der Waals surface area contributed by atoms with Crippen LogP contribution in [-0.2, 0) is 0 Å². The molecule has 2 aromatic rings. The maximum absolute atomic E-state index is 5.64. The van der Waals surface area contributed by atoms with Gasteiger partial charge in [-0.05, 0) is 13.8 Å². The van der Waals surface area contributed by atoms with Crippen LogP contribution in [0.3, 0.4) is 0 Å². The Hall–Kier alpha value is -1.69. The second-order valence-electron chi connectivity index (χ2n) is 3.83.